The Morgan fingerprint density at radius 2 is 1.95 bits per heavy atom. The number of piperazine rings is 1. The minimum Gasteiger partial charge on any atom is -0.367 e. The summed E-state index contributed by atoms with van der Waals surface area (Å²) in [6.07, 6.45) is 0. The third-order valence-electron chi connectivity index (χ3n) is 4.12. The second kappa shape index (κ2) is 5.60. The zero-order valence-electron chi connectivity index (χ0n) is 11.9. The van der Waals surface area contributed by atoms with Crippen molar-refractivity contribution in [3.05, 3.63) is 29.3 Å². The maximum absolute atomic E-state index is 9.32. The van der Waals surface area contributed by atoms with Crippen LogP contribution in [0.3, 0.4) is 0 Å². The first-order valence-corrected chi connectivity index (χ1v) is 6.76. The summed E-state index contributed by atoms with van der Waals surface area (Å²) in [7, 11) is 2.16. The van der Waals surface area contributed by atoms with Gasteiger partial charge in [-0.3, -0.25) is 4.90 Å². The van der Waals surface area contributed by atoms with E-state index >= 15 is 0 Å². The van der Waals surface area contributed by atoms with Crippen LogP contribution in [0.4, 0.5) is 5.69 Å². The number of hydrogen-bond donors (Lipinski definition) is 1. The fraction of sp³-hybridized carbons (Fsp3) is 0.533. The second-order valence-corrected chi connectivity index (χ2v) is 5.44. The van der Waals surface area contributed by atoms with E-state index in [-0.39, 0.29) is 0 Å². The molecule has 102 valence electrons. The van der Waals surface area contributed by atoms with Crippen LogP contribution in [0.2, 0.25) is 0 Å². The van der Waals surface area contributed by atoms with Crippen molar-refractivity contribution >= 4 is 5.69 Å². The molecule has 0 radical (unpaired) electrons. The summed E-state index contributed by atoms with van der Waals surface area (Å²) in [5.41, 5.74) is 8.41. The van der Waals surface area contributed by atoms with Crippen molar-refractivity contribution < 1.29 is 0 Å². The average molecular weight is 258 g/mol. The van der Waals surface area contributed by atoms with E-state index in [2.05, 4.69) is 36.8 Å². The lowest BCUT2D eigenvalue weighted by molar-refractivity contribution is 0.170. The molecular weight excluding hydrogens is 236 g/mol. The molecule has 4 heteroatoms. The lowest BCUT2D eigenvalue weighted by atomic mass is 10.0. The number of hydrogen-bond acceptors (Lipinski definition) is 4. The first-order chi connectivity index (χ1) is 9.06. The molecule has 0 amide bonds. The lowest BCUT2D eigenvalue weighted by Gasteiger charge is -2.43. The molecule has 2 N–H and O–H groups in total. The minimum atomic E-state index is 0.477. The predicted molar refractivity (Wildman–Crippen MR) is 77.9 cm³/mol. The first kappa shape index (κ1) is 13.9. The molecule has 0 aliphatic carbocycles. The van der Waals surface area contributed by atoms with Crippen molar-refractivity contribution in [1.82, 2.24) is 4.90 Å². The van der Waals surface area contributed by atoms with Gasteiger partial charge in [0.2, 0.25) is 0 Å². The van der Waals surface area contributed by atoms with Gasteiger partial charge in [0, 0.05) is 31.7 Å². The van der Waals surface area contributed by atoms with Gasteiger partial charge < -0.3 is 10.6 Å². The molecular formula is C15H22N4. The molecule has 2 rings (SSSR count). The zero-order valence-corrected chi connectivity index (χ0v) is 11.9. The summed E-state index contributed by atoms with van der Waals surface area (Å²) >= 11 is 0. The summed E-state index contributed by atoms with van der Waals surface area (Å²) in [6, 6.07) is 9.23. The SMILES string of the molecule is CC1CN(c2ccc(CN)cc2C#N)CC(C)N1C. The van der Waals surface area contributed by atoms with E-state index in [4.69, 9.17) is 5.73 Å². The van der Waals surface area contributed by atoms with E-state index in [1.54, 1.807) is 0 Å². The third-order valence-corrected chi connectivity index (χ3v) is 4.12. The Bertz CT molecular complexity index is 479. The Morgan fingerprint density at radius 1 is 1.32 bits per heavy atom. The average Bonchev–Trinajstić information content (AvgIpc) is 2.43. The van der Waals surface area contributed by atoms with E-state index in [0.717, 1.165) is 29.9 Å². The van der Waals surface area contributed by atoms with Gasteiger partial charge in [-0.2, -0.15) is 5.26 Å². The summed E-state index contributed by atoms with van der Waals surface area (Å²) < 4.78 is 0. The summed E-state index contributed by atoms with van der Waals surface area (Å²) in [5, 5.41) is 9.32. The maximum Gasteiger partial charge on any atom is 0.101 e. The largest absolute Gasteiger partial charge is 0.367 e. The standard InChI is InChI=1S/C15H22N4/c1-11-9-19(10-12(2)18(11)3)15-5-4-13(7-16)6-14(15)8-17/h4-6,11-12H,7,9-10,16H2,1-3H3. The summed E-state index contributed by atoms with van der Waals surface area (Å²) in [5.74, 6) is 0. The third kappa shape index (κ3) is 2.73. The number of nitrogens with zero attached hydrogens (tertiary/aromatic N) is 3. The van der Waals surface area contributed by atoms with Gasteiger partial charge in [-0.05, 0) is 38.6 Å². The lowest BCUT2D eigenvalue weighted by Crippen LogP contribution is -2.55. The van der Waals surface area contributed by atoms with Crippen molar-refractivity contribution in [3.8, 4) is 6.07 Å². The van der Waals surface area contributed by atoms with Crippen molar-refractivity contribution in [2.45, 2.75) is 32.5 Å². The van der Waals surface area contributed by atoms with Crippen LogP contribution in [0.25, 0.3) is 0 Å². The maximum atomic E-state index is 9.32. The van der Waals surface area contributed by atoms with Crippen molar-refractivity contribution in [1.29, 1.82) is 5.26 Å². The second-order valence-electron chi connectivity index (χ2n) is 5.44. The van der Waals surface area contributed by atoms with Crippen LogP contribution >= 0.6 is 0 Å². The van der Waals surface area contributed by atoms with Gasteiger partial charge in [-0.15, -0.1) is 0 Å². The molecule has 0 bridgehead atoms. The van der Waals surface area contributed by atoms with Gasteiger partial charge in [-0.25, -0.2) is 0 Å². The van der Waals surface area contributed by atoms with Crippen LogP contribution in [0.15, 0.2) is 18.2 Å². The Morgan fingerprint density at radius 3 is 2.47 bits per heavy atom. The fourth-order valence-electron chi connectivity index (χ4n) is 2.68. The molecule has 2 atom stereocenters. The van der Waals surface area contributed by atoms with Gasteiger partial charge >= 0.3 is 0 Å². The molecule has 1 saturated heterocycles. The highest BCUT2D eigenvalue weighted by molar-refractivity contribution is 5.61. The van der Waals surface area contributed by atoms with Crippen LogP contribution in [-0.4, -0.2) is 37.1 Å². The summed E-state index contributed by atoms with van der Waals surface area (Å²) in [4.78, 5) is 4.70. The predicted octanol–water partition coefficient (Wildman–Crippen LogP) is 1.55. The molecule has 0 aromatic heterocycles. The number of benzene rings is 1. The smallest absolute Gasteiger partial charge is 0.101 e. The molecule has 2 unspecified atom stereocenters. The monoisotopic (exact) mass is 258 g/mol. The Labute approximate surface area is 115 Å². The quantitative estimate of drug-likeness (QED) is 0.874. The van der Waals surface area contributed by atoms with E-state index in [0.29, 0.717) is 18.6 Å². The molecule has 1 heterocycles. The van der Waals surface area contributed by atoms with E-state index < -0.39 is 0 Å². The number of anilines is 1. The summed E-state index contributed by atoms with van der Waals surface area (Å²) in [6.45, 7) is 6.84. The van der Waals surface area contributed by atoms with Gasteiger partial charge in [-0.1, -0.05) is 6.07 Å². The highest BCUT2D eigenvalue weighted by atomic mass is 15.3. The Hall–Kier alpha value is -1.57. The normalized spacial score (nSPS) is 24.3. The molecule has 0 spiro atoms. The van der Waals surface area contributed by atoms with E-state index in [1.165, 1.54) is 0 Å². The van der Waals surface area contributed by atoms with Gasteiger partial charge in [0.1, 0.15) is 6.07 Å². The number of rotatable bonds is 2. The number of nitrogens with two attached hydrogens (primary N) is 1. The van der Waals surface area contributed by atoms with Crippen LogP contribution < -0.4 is 10.6 Å². The number of nitriles is 1. The van der Waals surface area contributed by atoms with Crippen LogP contribution in [-0.2, 0) is 6.54 Å². The van der Waals surface area contributed by atoms with Crippen molar-refractivity contribution in [3.63, 3.8) is 0 Å². The van der Waals surface area contributed by atoms with Crippen molar-refractivity contribution in [2.75, 3.05) is 25.0 Å². The molecule has 1 aromatic rings. The first-order valence-electron chi connectivity index (χ1n) is 6.76. The Balaban J connectivity index is 2.30. The van der Waals surface area contributed by atoms with Gasteiger partial charge in [0.25, 0.3) is 0 Å². The highest BCUT2D eigenvalue weighted by Crippen LogP contribution is 2.25. The van der Waals surface area contributed by atoms with Crippen LogP contribution in [0.1, 0.15) is 25.0 Å². The topological polar surface area (TPSA) is 56.3 Å². The molecule has 1 aliphatic rings. The minimum absolute atomic E-state index is 0.477. The Kier molecular flexibility index (Phi) is 4.08. The molecule has 0 saturated carbocycles. The molecule has 4 nitrogen and oxygen atoms in total. The van der Waals surface area contributed by atoms with Crippen LogP contribution in [0, 0.1) is 11.3 Å². The van der Waals surface area contributed by atoms with Crippen LogP contribution in [0.5, 0.6) is 0 Å². The van der Waals surface area contributed by atoms with E-state index in [1.807, 2.05) is 18.2 Å². The highest BCUT2D eigenvalue weighted by Gasteiger charge is 2.27. The molecule has 19 heavy (non-hydrogen) atoms. The van der Waals surface area contributed by atoms with Gasteiger partial charge in [0.05, 0.1) is 11.3 Å². The van der Waals surface area contributed by atoms with E-state index in [9.17, 15) is 5.26 Å². The fourth-order valence-corrected chi connectivity index (χ4v) is 2.68. The molecule has 1 aromatic carbocycles. The molecule has 1 fully saturated rings. The number of likely N-dealkylation sites (N-methyl/N-ethyl adjacent to an activating group) is 1. The zero-order chi connectivity index (χ0) is 14.0. The van der Waals surface area contributed by atoms with Gasteiger partial charge in [0.15, 0.2) is 0 Å². The van der Waals surface area contributed by atoms with Crippen molar-refractivity contribution in [2.24, 2.45) is 5.73 Å². The molecule has 1 aliphatic heterocycles.